The highest BCUT2D eigenvalue weighted by Gasteiger charge is 2.25. The van der Waals surface area contributed by atoms with Gasteiger partial charge in [0.05, 0.1) is 21.2 Å². The first-order valence-electron chi connectivity index (χ1n) is 33.2. The molecule has 14 heteroatoms. The van der Waals surface area contributed by atoms with E-state index in [0.717, 1.165) is 127 Å². The Bertz CT molecular complexity index is 5630. The molecule has 13 nitrogen and oxygen atoms in total. The molecule has 0 amide bonds. The smallest absolute Gasteiger partial charge is 0.255 e. The summed E-state index contributed by atoms with van der Waals surface area (Å²) in [5.74, 6) is 1.36. The standard InChI is InChI=1S/C31H28N2O2.C31H28N2O.C21H17N5OS/c1-21-30(27-14-7-15-32-31(27)34)28-17-24-11-6-12-25(24)18-29(28)33(21)19-23-10-5-13-26(16-23)35-20-22-8-3-2-4-9-22;1-21-30(27-15-8-16-32-31(27)34)28-18-24-13-7-14-25(24)19-29(28)33(21)20-26-12-6-5-11-23(26)17-22-9-3-2-4-10-22;1-12-20(14-3-2-5-24-21(14)27)15-8-18-16(25-11-28-18)9-17(15)26(12)10-13-4-6-23-19(22)7-13/h2-5,7-10,13-18H,6,11-12,19-20H2,1H3,(H,32,34);2-6,8-12,15-16,18-19H,7,13-14,17,20H2,1H3,(H,32,34);2-9,11H,10H2,1H3,(H2,22,23)(H,24,27). The maximum absolute atomic E-state index is 12.8. The van der Waals surface area contributed by atoms with Crippen molar-refractivity contribution in [1.82, 2.24) is 38.6 Å². The first-order valence-corrected chi connectivity index (χ1v) is 34.1. The van der Waals surface area contributed by atoms with Gasteiger partial charge in [-0.25, -0.2) is 9.97 Å². The van der Waals surface area contributed by atoms with Gasteiger partial charge in [0.1, 0.15) is 18.2 Å². The molecule has 8 heterocycles. The molecule has 8 aromatic heterocycles. The highest BCUT2D eigenvalue weighted by atomic mass is 32.1. The molecular formula is C83H73N9O4S. The van der Waals surface area contributed by atoms with Crippen molar-refractivity contribution in [3.8, 4) is 39.1 Å². The van der Waals surface area contributed by atoms with Crippen LogP contribution in [-0.2, 0) is 58.3 Å². The number of aromatic nitrogens is 8. The van der Waals surface area contributed by atoms with E-state index in [-0.39, 0.29) is 16.7 Å². The van der Waals surface area contributed by atoms with Crippen molar-refractivity contribution in [3.05, 3.63) is 328 Å². The SMILES string of the molecule is Cc1c(-c2ccc[nH]c2=O)c2cc3c(cc2n1Cc1cccc(OCc2ccccc2)c1)CCC3.Cc1c(-c2ccc[nH]c2=O)c2cc3c(cc2n1Cc1ccccc1Cc1ccccc1)CCC3.Cc1c(-c2ccc[nH]c2=O)c2cc3scnc3cc2n1Cc1ccnc(N)c1. The molecule has 2 aliphatic rings. The second kappa shape index (κ2) is 26.8. The lowest BCUT2D eigenvalue weighted by molar-refractivity contribution is 0.306. The molecule has 0 saturated heterocycles. The van der Waals surface area contributed by atoms with Crippen LogP contribution >= 0.6 is 11.3 Å². The number of hydrogen-bond donors (Lipinski definition) is 4. The summed E-state index contributed by atoms with van der Waals surface area (Å²) in [5.41, 5.74) is 33.5. The number of thiazole rings is 1. The molecule has 2 aliphatic carbocycles. The summed E-state index contributed by atoms with van der Waals surface area (Å²) >= 11 is 1.60. The molecule has 480 valence electrons. The number of nitrogens with zero attached hydrogens (tertiary/aromatic N) is 5. The molecule has 0 atom stereocenters. The zero-order valence-electron chi connectivity index (χ0n) is 54.5. The number of ether oxygens (including phenoxy) is 1. The molecular weight excluding hydrogens is 1220 g/mol. The normalized spacial score (nSPS) is 12.4. The Morgan fingerprint density at radius 2 is 0.928 bits per heavy atom. The Hall–Kier alpha value is -11.4. The number of nitrogens with one attached hydrogen (secondary N) is 3. The molecule has 0 fully saturated rings. The van der Waals surface area contributed by atoms with E-state index in [4.69, 9.17) is 10.5 Å². The number of nitrogen functional groups attached to an aromatic ring is 1. The van der Waals surface area contributed by atoms with E-state index in [9.17, 15) is 14.4 Å². The van der Waals surface area contributed by atoms with Gasteiger partial charge in [0, 0.05) is 122 Å². The summed E-state index contributed by atoms with van der Waals surface area (Å²) in [4.78, 5) is 55.2. The molecule has 97 heavy (non-hydrogen) atoms. The van der Waals surface area contributed by atoms with E-state index < -0.39 is 0 Å². The van der Waals surface area contributed by atoms with Crippen LogP contribution in [0.15, 0.2) is 239 Å². The maximum atomic E-state index is 12.8. The van der Waals surface area contributed by atoms with Crippen molar-refractivity contribution in [2.45, 2.75) is 92.0 Å². The van der Waals surface area contributed by atoms with Crippen LogP contribution in [0.5, 0.6) is 5.75 Å². The van der Waals surface area contributed by atoms with Gasteiger partial charge in [-0.05, 0) is 218 Å². The molecule has 0 spiro atoms. The fourth-order valence-electron chi connectivity index (χ4n) is 14.7. The van der Waals surface area contributed by atoms with Gasteiger partial charge < -0.3 is 39.1 Å². The summed E-state index contributed by atoms with van der Waals surface area (Å²) in [6.07, 6.45) is 14.6. The van der Waals surface area contributed by atoms with Crippen molar-refractivity contribution in [2.24, 2.45) is 0 Å². The minimum absolute atomic E-state index is 0.0328. The van der Waals surface area contributed by atoms with Gasteiger partial charge in [0.2, 0.25) is 0 Å². The van der Waals surface area contributed by atoms with Crippen LogP contribution in [0.1, 0.15) is 85.6 Å². The van der Waals surface area contributed by atoms with E-state index in [2.05, 4.69) is 174 Å². The van der Waals surface area contributed by atoms with Crippen molar-refractivity contribution in [3.63, 3.8) is 0 Å². The number of nitrogens with two attached hydrogens (primary N) is 1. The zero-order valence-corrected chi connectivity index (χ0v) is 55.3. The van der Waals surface area contributed by atoms with Crippen molar-refractivity contribution in [1.29, 1.82) is 0 Å². The molecule has 17 rings (SSSR count). The summed E-state index contributed by atoms with van der Waals surface area (Å²) in [6.45, 7) is 9.02. The van der Waals surface area contributed by atoms with E-state index in [1.54, 1.807) is 36.1 Å². The molecule has 5 N–H and O–H groups in total. The van der Waals surface area contributed by atoms with Gasteiger partial charge in [-0.3, -0.25) is 14.4 Å². The third kappa shape index (κ3) is 12.4. The van der Waals surface area contributed by atoms with Gasteiger partial charge in [-0.15, -0.1) is 11.3 Å². The number of aryl methyl sites for hydroxylation is 4. The Morgan fingerprint density at radius 1 is 0.454 bits per heavy atom. The van der Waals surface area contributed by atoms with E-state index in [1.165, 1.54) is 73.8 Å². The Morgan fingerprint density at radius 3 is 1.47 bits per heavy atom. The highest BCUT2D eigenvalue weighted by molar-refractivity contribution is 7.16. The number of rotatable bonds is 14. The lowest BCUT2D eigenvalue weighted by atomic mass is 9.99. The van der Waals surface area contributed by atoms with Crippen molar-refractivity contribution >= 4 is 60.1 Å². The van der Waals surface area contributed by atoms with Gasteiger partial charge in [-0.1, -0.05) is 97.1 Å². The van der Waals surface area contributed by atoms with Crippen LogP contribution in [0, 0.1) is 20.8 Å². The molecule has 0 aliphatic heterocycles. The number of hydrogen-bond acceptors (Lipinski definition) is 8. The molecule has 7 aromatic carbocycles. The Kier molecular flexibility index (Phi) is 17.1. The van der Waals surface area contributed by atoms with Crippen LogP contribution in [0.25, 0.3) is 76.3 Å². The predicted octanol–water partition coefficient (Wildman–Crippen LogP) is 16.8. The van der Waals surface area contributed by atoms with Gasteiger partial charge in [0.25, 0.3) is 16.7 Å². The average Bonchev–Trinajstić information content (AvgIpc) is 1.61. The third-order valence-electron chi connectivity index (χ3n) is 19.5. The lowest BCUT2D eigenvalue weighted by Gasteiger charge is -2.14. The number of benzene rings is 7. The lowest BCUT2D eigenvalue weighted by Crippen LogP contribution is -2.09. The van der Waals surface area contributed by atoms with E-state index >= 15 is 0 Å². The first-order chi connectivity index (χ1) is 47.5. The minimum atomic E-state index is -0.0952. The van der Waals surface area contributed by atoms with Crippen LogP contribution < -0.4 is 27.1 Å². The number of pyridine rings is 4. The molecule has 0 radical (unpaired) electrons. The second-order valence-electron chi connectivity index (χ2n) is 25.5. The summed E-state index contributed by atoms with van der Waals surface area (Å²) in [5, 5.41) is 3.40. The zero-order chi connectivity index (χ0) is 66.1. The Balaban J connectivity index is 0.000000120. The van der Waals surface area contributed by atoms with Crippen LogP contribution in [0.3, 0.4) is 0 Å². The Labute approximate surface area is 565 Å². The second-order valence-corrected chi connectivity index (χ2v) is 26.4. The molecule has 15 aromatic rings. The first kappa shape index (κ1) is 61.8. The van der Waals surface area contributed by atoms with Crippen LogP contribution in [0.4, 0.5) is 5.82 Å². The van der Waals surface area contributed by atoms with Crippen LogP contribution in [0.2, 0.25) is 0 Å². The van der Waals surface area contributed by atoms with Gasteiger partial charge >= 0.3 is 0 Å². The number of anilines is 1. The quantitative estimate of drug-likeness (QED) is 0.0838. The number of aromatic amines is 3. The summed E-state index contributed by atoms with van der Waals surface area (Å²) in [7, 11) is 0. The molecule has 0 saturated carbocycles. The van der Waals surface area contributed by atoms with E-state index in [0.29, 0.717) is 31.1 Å². The largest absolute Gasteiger partial charge is 0.489 e. The third-order valence-corrected chi connectivity index (χ3v) is 20.3. The fourth-order valence-corrected chi connectivity index (χ4v) is 15.4. The number of H-pyrrole nitrogens is 3. The molecule has 0 bridgehead atoms. The van der Waals surface area contributed by atoms with Crippen molar-refractivity contribution in [2.75, 3.05) is 5.73 Å². The minimum Gasteiger partial charge on any atom is -0.489 e. The van der Waals surface area contributed by atoms with Crippen LogP contribution in [-0.4, -0.2) is 38.6 Å². The monoisotopic (exact) mass is 1290 g/mol. The summed E-state index contributed by atoms with van der Waals surface area (Å²) in [6, 6.07) is 66.8. The maximum Gasteiger partial charge on any atom is 0.255 e. The topological polar surface area (TPSA) is 174 Å². The van der Waals surface area contributed by atoms with E-state index in [1.807, 2.05) is 85.2 Å². The molecule has 0 unspecified atom stereocenters. The van der Waals surface area contributed by atoms with Gasteiger partial charge in [0.15, 0.2) is 0 Å². The highest BCUT2D eigenvalue weighted by Crippen LogP contribution is 2.41. The average molecular weight is 1290 g/mol. The summed E-state index contributed by atoms with van der Waals surface area (Å²) < 4.78 is 14.2. The fraction of sp³-hybridized carbons (Fsp3) is 0.169. The number of fused-ring (bicyclic) bond motifs is 6. The van der Waals surface area contributed by atoms with Gasteiger partial charge in [-0.2, -0.15) is 0 Å². The van der Waals surface area contributed by atoms with Crippen molar-refractivity contribution < 1.29 is 4.74 Å². The predicted molar refractivity (Wildman–Crippen MR) is 394 cm³/mol.